The number of pyridine rings is 1. The van der Waals surface area contributed by atoms with Gasteiger partial charge < -0.3 is 4.74 Å². The van der Waals surface area contributed by atoms with E-state index in [1.54, 1.807) is 18.3 Å². The van der Waals surface area contributed by atoms with Gasteiger partial charge in [-0.1, -0.05) is 78.4 Å². The molecule has 0 aliphatic carbocycles. The van der Waals surface area contributed by atoms with Crippen molar-refractivity contribution in [3.63, 3.8) is 0 Å². The van der Waals surface area contributed by atoms with E-state index in [-0.39, 0.29) is 18.0 Å². The van der Waals surface area contributed by atoms with Crippen LogP contribution in [0.1, 0.15) is 22.7 Å². The first-order valence-electron chi connectivity index (χ1n) is 10.9. The molecule has 32 heavy (non-hydrogen) atoms. The van der Waals surface area contributed by atoms with Crippen molar-refractivity contribution in [3.05, 3.63) is 120 Å². The number of aromatic nitrogens is 1. The van der Waals surface area contributed by atoms with Gasteiger partial charge in [0.25, 0.3) is 0 Å². The number of nitrogens with zero attached hydrogens (tertiary/aromatic N) is 2. The highest BCUT2D eigenvalue weighted by atomic mass is 19.1. The average Bonchev–Trinajstić information content (AvgIpc) is 2.79. The van der Waals surface area contributed by atoms with Crippen LogP contribution < -0.4 is 4.74 Å². The fourth-order valence-electron chi connectivity index (χ4n) is 4.32. The molecule has 1 aliphatic rings. The van der Waals surface area contributed by atoms with Crippen molar-refractivity contribution in [3.8, 4) is 17.0 Å². The molecular formula is C28H25FN2O. The summed E-state index contributed by atoms with van der Waals surface area (Å²) in [5, 5.41) is 0. The SMILES string of the molecule is Cc1cccc(C(c2ccccc2)N2CC(Oc3ccc(-c4ccccc4F)cn3)C2)c1. The normalized spacial score (nSPS) is 15.2. The molecule has 1 atom stereocenters. The molecular weight excluding hydrogens is 399 g/mol. The number of rotatable bonds is 6. The van der Waals surface area contributed by atoms with Gasteiger partial charge in [-0.15, -0.1) is 0 Å². The molecule has 1 fully saturated rings. The quantitative estimate of drug-likeness (QED) is 0.377. The summed E-state index contributed by atoms with van der Waals surface area (Å²) < 4.78 is 20.1. The van der Waals surface area contributed by atoms with Gasteiger partial charge in [0, 0.05) is 36.5 Å². The summed E-state index contributed by atoms with van der Waals surface area (Å²) in [5.74, 6) is 0.322. The first-order chi connectivity index (χ1) is 15.7. The van der Waals surface area contributed by atoms with E-state index in [4.69, 9.17) is 4.74 Å². The first kappa shape index (κ1) is 20.4. The van der Waals surface area contributed by atoms with Crippen LogP contribution in [0, 0.1) is 12.7 Å². The second-order valence-corrected chi connectivity index (χ2v) is 8.29. The Morgan fingerprint density at radius 1 is 0.875 bits per heavy atom. The van der Waals surface area contributed by atoms with Crippen LogP contribution >= 0.6 is 0 Å². The van der Waals surface area contributed by atoms with E-state index < -0.39 is 0 Å². The molecule has 3 aromatic carbocycles. The van der Waals surface area contributed by atoms with Gasteiger partial charge in [-0.05, 0) is 30.2 Å². The number of halogens is 1. The molecule has 160 valence electrons. The van der Waals surface area contributed by atoms with Crippen molar-refractivity contribution in [2.24, 2.45) is 0 Å². The van der Waals surface area contributed by atoms with Gasteiger partial charge in [0.05, 0.1) is 6.04 Å². The van der Waals surface area contributed by atoms with Crippen molar-refractivity contribution < 1.29 is 9.13 Å². The maximum Gasteiger partial charge on any atom is 0.213 e. The van der Waals surface area contributed by atoms with Crippen LogP contribution in [0.4, 0.5) is 4.39 Å². The van der Waals surface area contributed by atoms with Crippen LogP contribution in [0.2, 0.25) is 0 Å². The van der Waals surface area contributed by atoms with Gasteiger partial charge in [-0.2, -0.15) is 0 Å². The molecule has 0 amide bonds. The third kappa shape index (κ3) is 4.27. The summed E-state index contributed by atoms with van der Waals surface area (Å²) in [4.78, 5) is 6.84. The smallest absolute Gasteiger partial charge is 0.213 e. The van der Waals surface area contributed by atoms with Crippen molar-refractivity contribution in [2.45, 2.75) is 19.1 Å². The predicted octanol–water partition coefficient (Wildman–Crippen LogP) is 6.05. The van der Waals surface area contributed by atoms with Gasteiger partial charge in [0.15, 0.2) is 0 Å². The molecule has 0 bridgehead atoms. The lowest BCUT2D eigenvalue weighted by Crippen LogP contribution is -2.55. The fraction of sp³-hybridized carbons (Fsp3) is 0.179. The minimum absolute atomic E-state index is 0.0813. The molecule has 4 heteroatoms. The van der Waals surface area contributed by atoms with E-state index in [9.17, 15) is 4.39 Å². The van der Waals surface area contributed by atoms with Crippen LogP contribution in [-0.4, -0.2) is 29.1 Å². The Hall–Kier alpha value is -3.50. The first-order valence-corrected chi connectivity index (χ1v) is 10.9. The summed E-state index contributed by atoms with van der Waals surface area (Å²) in [5.41, 5.74) is 5.13. The Balaban J connectivity index is 1.28. The van der Waals surface area contributed by atoms with Gasteiger partial charge in [-0.25, -0.2) is 9.37 Å². The van der Waals surface area contributed by atoms with Crippen LogP contribution in [0.5, 0.6) is 5.88 Å². The standard InChI is InChI=1S/C28H25FN2O/c1-20-8-7-11-22(16-20)28(21-9-3-2-4-10-21)31-18-24(19-31)32-27-15-14-23(17-30-27)25-12-5-6-13-26(25)29/h2-17,24,28H,18-19H2,1H3. The number of likely N-dealkylation sites (tertiary alicyclic amines) is 1. The topological polar surface area (TPSA) is 25.4 Å². The molecule has 3 nitrogen and oxygen atoms in total. The summed E-state index contributed by atoms with van der Waals surface area (Å²) >= 11 is 0. The fourth-order valence-corrected chi connectivity index (χ4v) is 4.32. The van der Waals surface area contributed by atoms with Crippen LogP contribution in [0.25, 0.3) is 11.1 Å². The minimum Gasteiger partial charge on any atom is -0.472 e. The van der Waals surface area contributed by atoms with Crippen molar-refractivity contribution in [1.82, 2.24) is 9.88 Å². The maximum absolute atomic E-state index is 14.0. The van der Waals surface area contributed by atoms with Crippen molar-refractivity contribution >= 4 is 0 Å². The Morgan fingerprint density at radius 2 is 1.62 bits per heavy atom. The minimum atomic E-state index is -0.249. The average molecular weight is 425 g/mol. The molecule has 4 aromatic rings. The lowest BCUT2D eigenvalue weighted by atomic mass is 9.93. The van der Waals surface area contributed by atoms with Gasteiger partial charge in [0.1, 0.15) is 11.9 Å². The zero-order valence-electron chi connectivity index (χ0n) is 18.0. The highest BCUT2D eigenvalue weighted by molar-refractivity contribution is 5.63. The van der Waals surface area contributed by atoms with E-state index in [0.29, 0.717) is 11.4 Å². The number of ether oxygens (including phenoxy) is 1. The molecule has 0 radical (unpaired) electrons. The van der Waals surface area contributed by atoms with Gasteiger partial charge >= 0.3 is 0 Å². The Bertz CT molecular complexity index is 1190. The summed E-state index contributed by atoms with van der Waals surface area (Å²) in [7, 11) is 0. The summed E-state index contributed by atoms with van der Waals surface area (Å²) in [6.07, 6.45) is 1.75. The van der Waals surface area contributed by atoms with E-state index >= 15 is 0 Å². The van der Waals surface area contributed by atoms with E-state index in [2.05, 4.69) is 71.4 Å². The molecule has 5 rings (SSSR count). The number of benzene rings is 3. The summed E-state index contributed by atoms with van der Waals surface area (Å²) in [6.45, 7) is 3.78. The molecule has 2 heterocycles. The van der Waals surface area contributed by atoms with E-state index in [1.807, 2.05) is 18.2 Å². The molecule has 1 aromatic heterocycles. The monoisotopic (exact) mass is 424 g/mol. The van der Waals surface area contributed by atoms with Crippen LogP contribution in [0.15, 0.2) is 97.2 Å². The molecule has 1 aliphatic heterocycles. The second-order valence-electron chi connectivity index (χ2n) is 8.29. The molecule has 0 N–H and O–H groups in total. The van der Waals surface area contributed by atoms with E-state index in [1.165, 1.54) is 22.8 Å². The number of hydrogen-bond acceptors (Lipinski definition) is 3. The lowest BCUT2D eigenvalue weighted by Gasteiger charge is -2.44. The summed E-state index contributed by atoms with van der Waals surface area (Å²) in [6, 6.07) is 29.9. The van der Waals surface area contributed by atoms with Crippen molar-refractivity contribution in [1.29, 1.82) is 0 Å². The van der Waals surface area contributed by atoms with Gasteiger partial charge in [-0.3, -0.25) is 4.90 Å². The predicted molar refractivity (Wildman–Crippen MR) is 125 cm³/mol. The Morgan fingerprint density at radius 3 is 2.34 bits per heavy atom. The third-order valence-corrected chi connectivity index (χ3v) is 5.92. The largest absolute Gasteiger partial charge is 0.472 e. The lowest BCUT2D eigenvalue weighted by molar-refractivity contribution is -0.00215. The Labute approximate surface area is 188 Å². The zero-order valence-corrected chi connectivity index (χ0v) is 18.0. The van der Waals surface area contributed by atoms with Crippen molar-refractivity contribution in [2.75, 3.05) is 13.1 Å². The molecule has 1 saturated heterocycles. The van der Waals surface area contributed by atoms with E-state index in [0.717, 1.165) is 18.7 Å². The Kier molecular flexibility index (Phi) is 5.70. The zero-order chi connectivity index (χ0) is 21.9. The van der Waals surface area contributed by atoms with Gasteiger partial charge in [0.2, 0.25) is 5.88 Å². The molecule has 1 unspecified atom stereocenters. The maximum atomic E-state index is 14.0. The number of aryl methyl sites for hydroxylation is 1. The molecule has 0 spiro atoms. The third-order valence-electron chi connectivity index (χ3n) is 5.92. The molecule has 0 saturated carbocycles. The second kappa shape index (κ2) is 8.93. The van der Waals surface area contributed by atoms with Crippen LogP contribution in [-0.2, 0) is 0 Å². The highest BCUT2D eigenvalue weighted by Gasteiger charge is 2.35. The van der Waals surface area contributed by atoms with Crippen LogP contribution in [0.3, 0.4) is 0 Å². The number of hydrogen-bond donors (Lipinski definition) is 0. The highest BCUT2D eigenvalue weighted by Crippen LogP contribution is 2.34.